The van der Waals surface area contributed by atoms with Gasteiger partial charge in [0.1, 0.15) is 5.57 Å². The minimum atomic E-state index is -0.726. The maximum atomic E-state index is 10.8. The maximum Gasteiger partial charge on any atom is 0.344 e. The zero-order valence-corrected chi connectivity index (χ0v) is 8.48. The van der Waals surface area contributed by atoms with E-state index in [1.165, 1.54) is 0 Å². The van der Waals surface area contributed by atoms with Crippen molar-refractivity contribution in [2.75, 3.05) is 13.2 Å². The van der Waals surface area contributed by atoms with Crippen LogP contribution in [-0.4, -0.2) is 25.2 Å². The molecule has 5 heteroatoms. The summed E-state index contributed by atoms with van der Waals surface area (Å²) in [5, 5.41) is 0. The van der Waals surface area contributed by atoms with Crippen LogP contribution in [0.1, 0.15) is 13.8 Å². The average Bonchev–Trinajstić information content (AvgIpc) is 2.04. The molecule has 76 valence electrons. The first-order valence-corrected chi connectivity index (χ1v) is 3.66. The van der Waals surface area contributed by atoms with Gasteiger partial charge < -0.3 is 9.47 Å². The van der Waals surface area contributed by atoms with Gasteiger partial charge in [0.15, 0.2) is 0 Å². The largest absolute Gasteiger partial charge is 0.462 e. The molecule has 0 spiro atoms. The molecule has 0 aliphatic heterocycles. The second-order valence-corrected chi connectivity index (χ2v) is 1.92. The summed E-state index contributed by atoms with van der Waals surface area (Å²) in [7, 11) is 0. The molecule has 0 heterocycles. The van der Waals surface area contributed by atoms with Gasteiger partial charge in [-0.15, -0.1) is 12.4 Å². The van der Waals surface area contributed by atoms with Crippen molar-refractivity contribution in [1.29, 1.82) is 0 Å². The first kappa shape index (κ1) is 14.5. The highest BCUT2D eigenvalue weighted by molar-refractivity contribution is 6.13. The molecule has 0 saturated heterocycles. The lowest BCUT2D eigenvalue weighted by Gasteiger charge is -2.03. The number of hydrogen-bond acceptors (Lipinski definition) is 4. The fraction of sp³-hybridized carbons (Fsp3) is 0.500. The van der Waals surface area contributed by atoms with Crippen LogP contribution in [0.5, 0.6) is 0 Å². The third-order valence-corrected chi connectivity index (χ3v) is 1.04. The Morgan fingerprint density at radius 2 is 1.38 bits per heavy atom. The number of carbonyl (C=O) groups excluding carboxylic acids is 2. The molecule has 0 rings (SSSR count). The Bertz CT molecular complexity index is 180. The Labute approximate surface area is 83.3 Å². The number of rotatable bonds is 4. The zero-order chi connectivity index (χ0) is 9.56. The van der Waals surface area contributed by atoms with Crippen LogP contribution in [0.25, 0.3) is 0 Å². The van der Waals surface area contributed by atoms with Gasteiger partial charge in [-0.1, -0.05) is 6.58 Å². The summed E-state index contributed by atoms with van der Waals surface area (Å²) in [6, 6.07) is 0. The molecule has 0 fully saturated rings. The van der Waals surface area contributed by atoms with E-state index in [0.717, 1.165) is 0 Å². The number of esters is 2. The smallest absolute Gasteiger partial charge is 0.344 e. The van der Waals surface area contributed by atoms with Crippen LogP contribution >= 0.6 is 12.4 Å². The minimum Gasteiger partial charge on any atom is -0.462 e. The molecular formula is C8H13ClO4. The fourth-order valence-electron chi connectivity index (χ4n) is 0.520. The average molecular weight is 209 g/mol. The van der Waals surface area contributed by atoms with Gasteiger partial charge in [-0.25, -0.2) is 9.59 Å². The van der Waals surface area contributed by atoms with E-state index in [-0.39, 0.29) is 31.2 Å². The van der Waals surface area contributed by atoms with E-state index in [1.807, 2.05) is 0 Å². The molecule has 0 unspecified atom stereocenters. The molecule has 0 radical (unpaired) electrons. The fourth-order valence-corrected chi connectivity index (χ4v) is 0.520. The molecule has 0 amide bonds. The van der Waals surface area contributed by atoms with Crippen molar-refractivity contribution >= 4 is 24.3 Å². The van der Waals surface area contributed by atoms with Crippen molar-refractivity contribution in [3.05, 3.63) is 12.2 Å². The summed E-state index contributed by atoms with van der Waals surface area (Å²) in [4.78, 5) is 21.7. The predicted molar refractivity (Wildman–Crippen MR) is 49.7 cm³/mol. The third-order valence-electron chi connectivity index (χ3n) is 1.04. The van der Waals surface area contributed by atoms with Gasteiger partial charge in [-0.3, -0.25) is 0 Å². The van der Waals surface area contributed by atoms with Crippen molar-refractivity contribution < 1.29 is 19.1 Å². The lowest BCUT2D eigenvalue weighted by molar-refractivity contribution is -0.146. The molecule has 13 heavy (non-hydrogen) atoms. The monoisotopic (exact) mass is 208 g/mol. The van der Waals surface area contributed by atoms with Crippen molar-refractivity contribution in [2.45, 2.75) is 13.8 Å². The topological polar surface area (TPSA) is 52.6 Å². The van der Waals surface area contributed by atoms with Crippen molar-refractivity contribution in [1.82, 2.24) is 0 Å². The molecule has 0 aliphatic carbocycles. The molecule has 0 bridgehead atoms. The second kappa shape index (κ2) is 7.61. The van der Waals surface area contributed by atoms with Crippen molar-refractivity contribution in [3.8, 4) is 0 Å². The molecule has 0 atom stereocenters. The van der Waals surface area contributed by atoms with Gasteiger partial charge in [-0.05, 0) is 13.8 Å². The van der Waals surface area contributed by atoms with E-state index in [9.17, 15) is 9.59 Å². The van der Waals surface area contributed by atoms with Crippen LogP contribution in [0.4, 0.5) is 0 Å². The lowest BCUT2D eigenvalue weighted by Crippen LogP contribution is -2.17. The van der Waals surface area contributed by atoms with E-state index in [0.29, 0.717) is 0 Å². The first-order chi connectivity index (χ1) is 5.63. The lowest BCUT2D eigenvalue weighted by atomic mass is 10.3. The van der Waals surface area contributed by atoms with Crippen LogP contribution in [-0.2, 0) is 19.1 Å². The Kier molecular flexibility index (Phi) is 8.48. The minimum absolute atomic E-state index is 0. The van der Waals surface area contributed by atoms with Gasteiger partial charge in [0.05, 0.1) is 13.2 Å². The Balaban J connectivity index is 0. The van der Waals surface area contributed by atoms with Gasteiger partial charge in [0, 0.05) is 0 Å². The van der Waals surface area contributed by atoms with Crippen LogP contribution in [0.15, 0.2) is 12.2 Å². The maximum absolute atomic E-state index is 10.8. The van der Waals surface area contributed by atoms with E-state index >= 15 is 0 Å². The number of hydrogen-bond donors (Lipinski definition) is 0. The summed E-state index contributed by atoms with van der Waals surface area (Å²) in [5.74, 6) is -1.45. The Morgan fingerprint density at radius 3 is 1.62 bits per heavy atom. The molecule has 0 aromatic rings. The normalized spacial score (nSPS) is 8.15. The van der Waals surface area contributed by atoms with E-state index < -0.39 is 11.9 Å². The highest BCUT2D eigenvalue weighted by Crippen LogP contribution is 1.97. The molecule has 0 aromatic heterocycles. The summed E-state index contributed by atoms with van der Waals surface area (Å²) in [6.45, 7) is 6.98. The quantitative estimate of drug-likeness (QED) is 0.300. The van der Waals surface area contributed by atoms with E-state index in [2.05, 4.69) is 16.1 Å². The third kappa shape index (κ3) is 5.25. The predicted octanol–water partition coefficient (Wildman–Crippen LogP) is 1.09. The van der Waals surface area contributed by atoms with Crippen molar-refractivity contribution in [2.24, 2.45) is 0 Å². The highest BCUT2D eigenvalue weighted by atomic mass is 35.5. The van der Waals surface area contributed by atoms with Gasteiger partial charge in [-0.2, -0.15) is 0 Å². The molecule has 0 aliphatic rings. The summed E-state index contributed by atoms with van der Waals surface area (Å²) in [5.41, 5.74) is -0.265. The first-order valence-electron chi connectivity index (χ1n) is 3.66. The number of halogens is 1. The Morgan fingerprint density at radius 1 is 1.08 bits per heavy atom. The van der Waals surface area contributed by atoms with Crippen LogP contribution in [0.3, 0.4) is 0 Å². The van der Waals surface area contributed by atoms with Gasteiger partial charge in [0.25, 0.3) is 0 Å². The molecular weight excluding hydrogens is 196 g/mol. The highest BCUT2D eigenvalue weighted by Gasteiger charge is 2.17. The number of ether oxygens (including phenoxy) is 2. The van der Waals surface area contributed by atoms with Crippen LogP contribution < -0.4 is 0 Å². The standard InChI is InChI=1S/C8H12O4.ClH/c1-4-11-7(9)6(3)8(10)12-5-2;/h3-5H2,1-2H3;1H. The molecule has 0 saturated carbocycles. The summed E-state index contributed by atoms with van der Waals surface area (Å²) in [6.07, 6.45) is 0. The zero-order valence-electron chi connectivity index (χ0n) is 7.66. The second-order valence-electron chi connectivity index (χ2n) is 1.92. The SMILES string of the molecule is C=C(C(=O)OCC)C(=O)OCC.Cl. The molecule has 4 nitrogen and oxygen atoms in total. The molecule has 0 aromatic carbocycles. The number of carbonyl (C=O) groups is 2. The summed E-state index contributed by atoms with van der Waals surface area (Å²) >= 11 is 0. The van der Waals surface area contributed by atoms with Crippen LogP contribution in [0, 0.1) is 0 Å². The Hall–Kier alpha value is -1.03. The van der Waals surface area contributed by atoms with Crippen LogP contribution in [0.2, 0.25) is 0 Å². The van der Waals surface area contributed by atoms with Gasteiger partial charge in [0.2, 0.25) is 0 Å². The van der Waals surface area contributed by atoms with E-state index in [1.54, 1.807) is 13.8 Å². The van der Waals surface area contributed by atoms with Crippen molar-refractivity contribution in [3.63, 3.8) is 0 Å². The van der Waals surface area contributed by atoms with E-state index in [4.69, 9.17) is 0 Å². The van der Waals surface area contributed by atoms with Gasteiger partial charge >= 0.3 is 11.9 Å². The summed E-state index contributed by atoms with van der Waals surface area (Å²) < 4.78 is 9.06. The molecule has 0 N–H and O–H groups in total.